The first-order valence-electron chi connectivity index (χ1n) is 4.09. The number of nitrogens with one attached hydrogen (secondary N) is 2. The molecular weight excluding hydrogens is 184 g/mol. The van der Waals surface area contributed by atoms with Crippen LogP contribution < -0.4 is 32.0 Å². The summed E-state index contributed by atoms with van der Waals surface area (Å²) < 4.78 is 10.4. The molecule has 0 saturated heterocycles. The quantitative estimate of drug-likeness (QED) is 0.274. The van der Waals surface area contributed by atoms with Crippen molar-refractivity contribution in [3.8, 4) is 11.5 Å². The average Bonchev–Trinajstić information content (AvgIpc) is 2.24. The molecule has 0 heterocycles. The maximum Gasteiger partial charge on any atom is 0.151 e. The molecule has 78 valence electrons. The zero-order chi connectivity index (χ0) is 10.2. The first-order chi connectivity index (χ1) is 6.86. The summed E-state index contributed by atoms with van der Waals surface area (Å²) in [6, 6.07) is 7.17. The lowest BCUT2D eigenvalue weighted by atomic mass is 10.3. The average molecular weight is 198 g/mol. The van der Waals surface area contributed by atoms with Crippen LogP contribution in [0.5, 0.6) is 11.5 Å². The normalized spacial score (nSPS) is 9.86. The maximum absolute atomic E-state index is 5.21. The molecule has 0 aliphatic carbocycles. The first-order valence-corrected chi connectivity index (χ1v) is 4.09. The number of hydrazine groups is 2. The number of hydrogen-bond acceptors (Lipinski definition) is 6. The Bertz CT molecular complexity index is 246. The number of ether oxygens (including phenoxy) is 2. The summed E-state index contributed by atoms with van der Waals surface area (Å²) in [7, 11) is 0. The van der Waals surface area contributed by atoms with Crippen molar-refractivity contribution < 1.29 is 9.47 Å². The van der Waals surface area contributed by atoms with Crippen molar-refractivity contribution in [2.75, 3.05) is 13.5 Å². The van der Waals surface area contributed by atoms with E-state index in [-0.39, 0.29) is 13.5 Å². The topological polar surface area (TPSA) is 94.6 Å². The Labute approximate surface area is 82.1 Å². The van der Waals surface area contributed by atoms with Crippen LogP contribution in [-0.2, 0) is 0 Å². The van der Waals surface area contributed by atoms with Crippen LogP contribution in [-0.4, -0.2) is 13.5 Å². The Kier molecular flexibility index (Phi) is 4.73. The third-order valence-electron chi connectivity index (χ3n) is 1.45. The molecule has 0 atom stereocenters. The molecule has 0 unspecified atom stereocenters. The molecule has 1 aromatic rings. The van der Waals surface area contributed by atoms with Crippen LogP contribution in [0.4, 0.5) is 0 Å². The fourth-order valence-corrected chi connectivity index (χ4v) is 0.904. The molecule has 6 heteroatoms. The summed E-state index contributed by atoms with van der Waals surface area (Å²) in [6.45, 7) is 0.497. The van der Waals surface area contributed by atoms with E-state index < -0.39 is 0 Å². The van der Waals surface area contributed by atoms with Gasteiger partial charge in [-0.25, -0.2) is 10.9 Å². The predicted molar refractivity (Wildman–Crippen MR) is 52.1 cm³/mol. The second kappa shape index (κ2) is 6.17. The van der Waals surface area contributed by atoms with Crippen LogP contribution in [0.3, 0.4) is 0 Å². The molecule has 6 nitrogen and oxygen atoms in total. The lowest BCUT2D eigenvalue weighted by Gasteiger charge is -2.08. The molecular formula is C8H14N4O2. The summed E-state index contributed by atoms with van der Waals surface area (Å²) in [6.07, 6.45) is 0. The van der Waals surface area contributed by atoms with E-state index >= 15 is 0 Å². The van der Waals surface area contributed by atoms with Gasteiger partial charge < -0.3 is 9.47 Å². The van der Waals surface area contributed by atoms with Crippen LogP contribution in [0.25, 0.3) is 0 Å². The second-order valence-corrected chi connectivity index (χ2v) is 2.46. The third kappa shape index (κ3) is 3.58. The van der Waals surface area contributed by atoms with E-state index in [2.05, 4.69) is 10.9 Å². The Morgan fingerprint density at radius 3 is 1.93 bits per heavy atom. The van der Waals surface area contributed by atoms with Gasteiger partial charge in [0.05, 0.1) is 0 Å². The molecule has 1 aromatic carbocycles. The third-order valence-corrected chi connectivity index (χ3v) is 1.45. The van der Waals surface area contributed by atoms with E-state index in [1.54, 1.807) is 18.2 Å². The fourth-order valence-electron chi connectivity index (χ4n) is 0.904. The molecule has 6 N–H and O–H groups in total. The molecule has 14 heavy (non-hydrogen) atoms. The minimum absolute atomic E-state index is 0.249. The van der Waals surface area contributed by atoms with Crippen molar-refractivity contribution in [3.63, 3.8) is 0 Å². The van der Waals surface area contributed by atoms with Crippen molar-refractivity contribution in [3.05, 3.63) is 24.3 Å². The lowest BCUT2D eigenvalue weighted by molar-refractivity contribution is 0.272. The SMILES string of the molecule is NNCOc1cccc(OCNN)c1. The van der Waals surface area contributed by atoms with Crippen molar-refractivity contribution in [2.24, 2.45) is 11.7 Å². The van der Waals surface area contributed by atoms with Gasteiger partial charge in [0.25, 0.3) is 0 Å². The molecule has 0 amide bonds. The zero-order valence-corrected chi connectivity index (χ0v) is 7.69. The van der Waals surface area contributed by atoms with E-state index in [1.165, 1.54) is 0 Å². The van der Waals surface area contributed by atoms with Crippen molar-refractivity contribution in [1.82, 2.24) is 10.9 Å². The van der Waals surface area contributed by atoms with Gasteiger partial charge in [-0.1, -0.05) is 6.07 Å². The van der Waals surface area contributed by atoms with Gasteiger partial charge in [-0.05, 0) is 12.1 Å². The Balaban J connectivity index is 2.50. The zero-order valence-electron chi connectivity index (χ0n) is 7.69. The van der Waals surface area contributed by atoms with Crippen LogP contribution in [0.1, 0.15) is 0 Å². The van der Waals surface area contributed by atoms with Gasteiger partial charge in [-0.2, -0.15) is 0 Å². The highest BCUT2D eigenvalue weighted by atomic mass is 16.5. The molecule has 0 aliphatic rings. The van der Waals surface area contributed by atoms with Crippen LogP contribution >= 0.6 is 0 Å². The molecule has 0 radical (unpaired) electrons. The van der Waals surface area contributed by atoms with Gasteiger partial charge in [0.1, 0.15) is 11.5 Å². The highest BCUT2D eigenvalue weighted by molar-refractivity contribution is 5.32. The largest absolute Gasteiger partial charge is 0.477 e. The molecule has 0 aromatic heterocycles. The molecule has 1 rings (SSSR count). The van der Waals surface area contributed by atoms with E-state index in [1.807, 2.05) is 6.07 Å². The number of benzene rings is 1. The van der Waals surface area contributed by atoms with Gasteiger partial charge in [0, 0.05) is 6.07 Å². The first kappa shape index (κ1) is 10.7. The highest BCUT2D eigenvalue weighted by Gasteiger charge is 1.96. The van der Waals surface area contributed by atoms with E-state index in [0.29, 0.717) is 11.5 Å². The molecule has 0 bridgehead atoms. The van der Waals surface area contributed by atoms with Crippen LogP contribution in [0, 0.1) is 0 Å². The Hall–Kier alpha value is -1.34. The van der Waals surface area contributed by atoms with Gasteiger partial charge >= 0.3 is 0 Å². The second-order valence-electron chi connectivity index (χ2n) is 2.46. The number of hydrogen-bond donors (Lipinski definition) is 4. The van der Waals surface area contributed by atoms with Crippen LogP contribution in [0.15, 0.2) is 24.3 Å². The molecule has 0 spiro atoms. The maximum atomic E-state index is 5.21. The fraction of sp³-hybridized carbons (Fsp3) is 0.250. The number of nitrogens with two attached hydrogens (primary N) is 2. The van der Waals surface area contributed by atoms with E-state index in [0.717, 1.165) is 0 Å². The summed E-state index contributed by atoms with van der Waals surface area (Å²) in [5, 5.41) is 0. The molecule has 0 fully saturated rings. The van der Waals surface area contributed by atoms with Crippen molar-refractivity contribution in [1.29, 1.82) is 0 Å². The van der Waals surface area contributed by atoms with Crippen molar-refractivity contribution >= 4 is 0 Å². The van der Waals surface area contributed by atoms with E-state index in [4.69, 9.17) is 21.2 Å². The van der Waals surface area contributed by atoms with Crippen LogP contribution in [0.2, 0.25) is 0 Å². The molecule has 0 aliphatic heterocycles. The van der Waals surface area contributed by atoms with Crippen molar-refractivity contribution in [2.45, 2.75) is 0 Å². The van der Waals surface area contributed by atoms with Gasteiger partial charge in [0.2, 0.25) is 0 Å². The molecule has 0 saturated carbocycles. The Morgan fingerprint density at radius 1 is 1.00 bits per heavy atom. The standard InChI is InChI=1S/C8H14N4O2/c9-11-5-13-7-2-1-3-8(4-7)14-6-12-10/h1-4,11-12H,5-6,9-10H2. The smallest absolute Gasteiger partial charge is 0.151 e. The van der Waals surface area contributed by atoms with Gasteiger partial charge in [-0.15, -0.1) is 0 Å². The van der Waals surface area contributed by atoms with E-state index in [9.17, 15) is 0 Å². The van der Waals surface area contributed by atoms with Gasteiger partial charge in [0.15, 0.2) is 13.5 Å². The summed E-state index contributed by atoms with van der Waals surface area (Å²) in [5.74, 6) is 11.5. The highest BCUT2D eigenvalue weighted by Crippen LogP contribution is 2.18. The summed E-state index contributed by atoms with van der Waals surface area (Å²) >= 11 is 0. The van der Waals surface area contributed by atoms with Gasteiger partial charge in [-0.3, -0.25) is 11.7 Å². The predicted octanol–water partition coefficient (Wildman–Crippen LogP) is -0.714. The lowest BCUT2D eigenvalue weighted by Crippen LogP contribution is -2.27. The number of rotatable bonds is 6. The minimum Gasteiger partial charge on any atom is -0.477 e. The summed E-state index contributed by atoms with van der Waals surface area (Å²) in [5.41, 5.74) is 4.77. The monoisotopic (exact) mass is 198 g/mol. The summed E-state index contributed by atoms with van der Waals surface area (Å²) in [4.78, 5) is 0. The minimum atomic E-state index is 0.249. The Morgan fingerprint density at radius 2 is 1.50 bits per heavy atom.